The summed E-state index contributed by atoms with van der Waals surface area (Å²) in [7, 11) is 0. The van der Waals surface area contributed by atoms with Crippen molar-refractivity contribution in [3.8, 4) is 11.1 Å². The van der Waals surface area contributed by atoms with Crippen LogP contribution in [0, 0.1) is 11.3 Å². The zero-order chi connectivity index (χ0) is 22.6. The van der Waals surface area contributed by atoms with Crippen molar-refractivity contribution in [2.24, 2.45) is 11.3 Å². The summed E-state index contributed by atoms with van der Waals surface area (Å²) in [5.41, 5.74) is 2.66. The Hall–Kier alpha value is -2.95. The minimum absolute atomic E-state index is 0.0536. The SMILES string of the molecule is CC(C)NC(=O)[C@]1(Cc2cccc(-c3cccnc3)c2)CCN(C(=O)[C@H]2CC=CCC2)C1. The van der Waals surface area contributed by atoms with E-state index in [0.717, 1.165) is 36.0 Å². The topological polar surface area (TPSA) is 62.3 Å². The minimum Gasteiger partial charge on any atom is -0.353 e. The number of nitrogens with zero attached hydrogens (tertiary/aromatic N) is 2. The third-order valence-electron chi connectivity index (χ3n) is 6.65. The van der Waals surface area contributed by atoms with Gasteiger partial charge in [0.15, 0.2) is 0 Å². The first-order chi connectivity index (χ1) is 15.5. The molecule has 1 saturated heterocycles. The summed E-state index contributed by atoms with van der Waals surface area (Å²) >= 11 is 0. The Bertz CT molecular complexity index is 985. The van der Waals surface area contributed by atoms with Gasteiger partial charge in [-0.2, -0.15) is 0 Å². The van der Waals surface area contributed by atoms with Crippen LogP contribution in [-0.2, 0) is 16.0 Å². The van der Waals surface area contributed by atoms with Crippen LogP contribution in [0.4, 0.5) is 0 Å². The van der Waals surface area contributed by atoms with E-state index in [1.807, 2.05) is 43.1 Å². The van der Waals surface area contributed by atoms with Gasteiger partial charge in [-0.25, -0.2) is 0 Å². The molecule has 2 heterocycles. The molecule has 2 aromatic rings. The van der Waals surface area contributed by atoms with Gasteiger partial charge in [-0.05, 0) is 68.7 Å². The number of rotatable bonds is 6. The second kappa shape index (κ2) is 9.68. The molecular weight excluding hydrogens is 398 g/mol. The molecule has 0 saturated carbocycles. The third kappa shape index (κ3) is 4.93. The van der Waals surface area contributed by atoms with E-state index < -0.39 is 5.41 Å². The molecule has 0 spiro atoms. The van der Waals surface area contributed by atoms with Gasteiger partial charge in [0.25, 0.3) is 0 Å². The van der Waals surface area contributed by atoms with Crippen molar-refractivity contribution in [2.45, 2.75) is 52.0 Å². The number of benzene rings is 1. The van der Waals surface area contributed by atoms with E-state index in [2.05, 4.69) is 40.7 Å². The molecule has 32 heavy (non-hydrogen) atoms. The quantitative estimate of drug-likeness (QED) is 0.690. The first-order valence-electron chi connectivity index (χ1n) is 11.7. The lowest BCUT2D eigenvalue weighted by atomic mass is 9.79. The first kappa shape index (κ1) is 22.3. The Labute approximate surface area is 190 Å². The maximum absolute atomic E-state index is 13.4. The van der Waals surface area contributed by atoms with Crippen LogP contribution >= 0.6 is 0 Å². The molecule has 1 N–H and O–H groups in total. The molecule has 0 bridgehead atoms. The van der Waals surface area contributed by atoms with Crippen molar-refractivity contribution >= 4 is 11.8 Å². The van der Waals surface area contributed by atoms with E-state index in [1.54, 1.807) is 6.20 Å². The molecule has 1 aromatic carbocycles. The number of carbonyl (C=O) groups excluding carboxylic acids is 2. The standard InChI is InChI=1S/C27H33N3O2/c1-20(2)29-26(32)27(13-15-30(19-27)25(31)22-9-4-3-5-10-22)17-21-8-6-11-23(16-21)24-12-7-14-28-18-24/h3-4,6-8,11-12,14,16,18,20,22H,5,9-10,13,15,17,19H2,1-2H3,(H,29,32)/t22-,27-/m0/s1. The van der Waals surface area contributed by atoms with Crippen LogP contribution in [-0.4, -0.2) is 40.8 Å². The molecule has 1 aromatic heterocycles. The number of nitrogens with one attached hydrogen (secondary N) is 1. The molecule has 5 nitrogen and oxygen atoms in total. The van der Waals surface area contributed by atoms with Crippen LogP contribution in [0.25, 0.3) is 11.1 Å². The summed E-state index contributed by atoms with van der Waals surface area (Å²) in [5, 5.41) is 3.13. The highest BCUT2D eigenvalue weighted by atomic mass is 16.2. The predicted octanol–water partition coefficient (Wildman–Crippen LogP) is 4.39. The third-order valence-corrected chi connectivity index (χ3v) is 6.65. The number of aromatic nitrogens is 1. The molecule has 1 fully saturated rings. The van der Waals surface area contributed by atoms with Gasteiger partial charge in [-0.15, -0.1) is 0 Å². The van der Waals surface area contributed by atoms with Gasteiger partial charge in [0.05, 0.1) is 5.41 Å². The predicted molar refractivity (Wildman–Crippen MR) is 127 cm³/mol. The number of carbonyl (C=O) groups is 2. The smallest absolute Gasteiger partial charge is 0.228 e. The fourth-order valence-corrected chi connectivity index (χ4v) is 4.95. The van der Waals surface area contributed by atoms with E-state index in [9.17, 15) is 9.59 Å². The Morgan fingerprint density at radius 1 is 1.19 bits per heavy atom. The maximum atomic E-state index is 13.4. The lowest BCUT2D eigenvalue weighted by Crippen LogP contribution is -2.47. The van der Waals surface area contributed by atoms with Gasteiger partial charge in [0.1, 0.15) is 0 Å². The molecule has 168 valence electrons. The normalized spacial score (nSPS) is 22.8. The lowest BCUT2D eigenvalue weighted by molar-refractivity contribution is -0.136. The first-order valence-corrected chi connectivity index (χ1v) is 11.7. The van der Waals surface area contributed by atoms with Gasteiger partial charge in [0.2, 0.25) is 11.8 Å². The minimum atomic E-state index is -0.599. The summed E-state index contributed by atoms with van der Waals surface area (Å²) in [5.74, 6) is 0.314. The van der Waals surface area contributed by atoms with Crippen molar-refractivity contribution in [2.75, 3.05) is 13.1 Å². The Balaban J connectivity index is 1.57. The Morgan fingerprint density at radius 3 is 2.75 bits per heavy atom. The van der Waals surface area contributed by atoms with Crippen molar-refractivity contribution in [1.29, 1.82) is 0 Å². The number of hydrogen-bond acceptors (Lipinski definition) is 3. The average molecular weight is 432 g/mol. The second-order valence-electron chi connectivity index (χ2n) is 9.52. The van der Waals surface area contributed by atoms with Crippen LogP contribution in [0.1, 0.15) is 45.1 Å². The second-order valence-corrected chi connectivity index (χ2v) is 9.52. The summed E-state index contributed by atoms with van der Waals surface area (Å²) in [4.78, 5) is 32.8. The van der Waals surface area contributed by atoms with E-state index in [-0.39, 0.29) is 23.8 Å². The summed E-state index contributed by atoms with van der Waals surface area (Å²) < 4.78 is 0. The van der Waals surface area contributed by atoms with Gasteiger partial charge in [-0.3, -0.25) is 14.6 Å². The number of hydrogen-bond donors (Lipinski definition) is 1. The van der Waals surface area contributed by atoms with Gasteiger partial charge in [0, 0.05) is 37.4 Å². The molecule has 0 radical (unpaired) electrons. The Morgan fingerprint density at radius 2 is 2.03 bits per heavy atom. The molecule has 0 unspecified atom stereocenters. The van der Waals surface area contributed by atoms with Crippen molar-refractivity contribution in [3.05, 3.63) is 66.5 Å². The molecular formula is C27H33N3O2. The van der Waals surface area contributed by atoms with Crippen LogP contribution in [0.5, 0.6) is 0 Å². The zero-order valence-corrected chi connectivity index (χ0v) is 19.1. The number of pyridine rings is 1. The number of likely N-dealkylation sites (tertiary alicyclic amines) is 1. The highest BCUT2D eigenvalue weighted by Crippen LogP contribution is 2.37. The highest BCUT2D eigenvalue weighted by Gasteiger charge is 2.46. The van der Waals surface area contributed by atoms with E-state index in [4.69, 9.17) is 0 Å². The zero-order valence-electron chi connectivity index (χ0n) is 19.1. The molecule has 5 heteroatoms. The monoisotopic (exact) mass is 431 g/mol. The van der Waals surface area contributed by atoms with E-state index >= 15 is 0 Å². The van der Waals surface area contributed by atoms with E-state index in [1.165, 1.54) is 0 Å². The van der Waals surface area contributed by atoms with Crippen molar-refractivity contribution in [3.63, 3.8) is 0 Å². The van der Waals surface area contributed by atoms with Gasteiger partial charge >= 0.3 is 0 Å². The van der Waals surface area contributed by atoms with Crippen LogP contribution in [0.3, 0.4) is 0 Å². The number of allylic oxidation sites excluding steroid dienone is 2. The van der Waals surface area contributed by atoms with Crippen LogP contribution in [0.15, 0.2) is 60.9 Å². The van der Waals surface area contributed by atoms with Crippen LogP contribution < -0.4 is 5.32 Å². The highest BCUT2D eigenvalue weighted by molar-refractivity contribution is 5.86. The number of amides is 2. The molecule has 2 atom stereocenters. The summed E-state index contributed by atoms with van der Waals surface area (Å²) in [6.07, 6.45) is 11.9. The average Bonchev–Trinajstić information content (AvgIpc) is 3.25. The van der Waals surface area contributed by atoms with Crippen LogP contribution in [0.2, 0.25) is 0 Å². The lowest BCUT2D eigenvalue weighted by Gasteiger charge is -2.30. The molecule has 2 aliphatic rings. The Kier molecular flexibility index (Phi) is 6.73. The summed E-state index contributed by atoms with van der Waals surface area (Å²) in [6.45, 7) is 5.11. The summed E-state index contributed by atoms with van der Waals surface area (Å²) in [6, 6.07) is 12.4. The van der Waals surface area contributed by atoms with E-state index in [0.29, 0.717) is 25.9 Å². The fraction of sp³-hybridized carbons (Fsp3) is 0.444. The molecule has 1 aliphatic heterocycles. The molecule has 4 rings (SSSR count). The van der Waals surface area contributed by atoms with Crippen molar-refractivity contribution in [1.82, 2.24) is 15.2 Å². The molecule has 2 amide bonds. The molecule has 1 aliphatic carbocycles. The maximum Gasteiger partial charge on any atom is 0.228 e. The van der Waals surface area contributed by atoms with Crippen molar-refractivity contribution < 1.29 is 9.59 Å². The fourth-order valence-electron chi connectivity index (χ4n) is 4.95. The van der Waals surface area contributed by atoms with Gasteiger partial charge < -0.3 is 10.2 Å². The van der Waals surface area contributed by atoms with Gasteiger partial charge in [-0.1, -0.05) is 42.5 Å². The largest absolute Gasteiger partial charge is 0.353 e.